The zero-order valence-electron chi connectivity index (χ0n) is 23.9. The van der Waals surface area contributed by atoms with Gasteiger partial charge in [-0.1, -0.05) is 17.7 Å². The van der Waals surface area contributed by atoms with Crippen LogP contribution in [-0.4, -0.2) is 74.4 Å². The molecular formula is C30H37BrClN7O2. The Hall–Kier alpha value is -2.95. The molecule has 0 bridgehead atoms. The molecule has 3 amide bonds. The van der Waals surface area contributed by atoms with Gasteiger partial charge in [0.25, 0.3) is 0 Å². The average molecular weight is 643 g/mol. The highest BCUT2D eigenvalue weighted by molar-refractivity contribution is 9.10. The number of pyridine rings is 1. The number of fused-ring (bicyclic) bond motifs is 2. The van der Waals surface area contributed by atoms with Crippen LogP contribution in [0.1, 0.15) is 60.7 Å². The molecule has 1 aliphatic heterocycles. The van der Waals surface area contributed by atoms with Gasteiger partial charge in [0.05, 0.1) is 11.7 Å². The predicted octanol–water partition coefficient (Wildman–Crippen LogP) is 4.57. The summed E-state index contributed by atoms with van der Waals surface area (Å²) in [5.41, 5.74) is 5.00. The Kier molecular flexibility index (Phi) is 8.73. The molecule has 2 aromatic heterocycles. The number of rotatable bonds is 5. The van der Waals surface area contributed by atoms with E-state index in [0.29, 0.717) is 37.6 Å². The number of hydrogen-bond donors (Lipinski definition) is 3. The Balaban J connectivity index is 1.44. The third-order valence-corrected chi connectivity index (χ3v) is 8.23. The fourth-order valence-corrected chi connectivity index (χ4v) is 6.29. The monoisotopic (exact) mass is 641 g/mol. The fraction of sp³-hybridized carbons (Fsp3) is 0.467. The van der Waals surface area contributed by atoms with E-state index in [1.165, 1.54) is 11.1 Å². The number of aromatic amines is 1. The fourth-order valence-electron chi connectivity index (χ4n) is 5.72. The predicted molar refractivity (Wildman–Crippen MR) is 163 cm³/mol. The van der Waals surface area contributed by atoms with E-state index >= 15 is 0 Å². The van der Waals surface area contributed by atoms with Crippen molar-refractivity contribution < 1.29 is 9.59 Å². The zero-order valence-corrected chi connectivity index (χ0v) is 26.3. The molecule has 41 heavy (non-hydrogen) atoms. The Morgan fingerprint density at radius 2 is 1.90 bits per heavy atom. The Bertz CT molecular complexity index is 1380. The van der Waals surface area contributed by atoms with Crippen LogP contribution >= 0.6 is 27.5 Å². The van der Waals surface area contributed by atoms with Gasteiger partial charge in [-0.3, -0.25) is 14.7 Å². The number of amides is 3. The number of carbonyl (C=O) groups excluding carboxylic acids is 2. The summed E-state index contributed by atoms with van der Waals surface area (Å²) in [5, 5.41) is 6.83. The third kappa shape index (κ3) is 6.93. The Labute approximate surface area is 254 Å². The van der Waals surface area contributed by atoms with E-state index in [1.54, 1.807) is 11.1 Å². The highest BCUT2D eigenvalue weighted by Gasteiger charge is 2.40. The number of aryl methyl sites for hydroxylation is 3. The molecule has 1 aromatic carbocycles. The lowest BCUT2D eigenvalue weighted by Crippen LogP contribution is -2.64. The van der Waals surface area contributed by atoms with Crippen molar-refractivity contribution in [3.63, 3.8) is 0 Å². The second kappa shape index (κ2) is 12.1. The number of halogens is 2. The summed E-state index contributed by atoms with van der Waals surface area (Å²) in [6.45, 7) is 9.54. The molecular weight excluding hydrogens is 606 g/mol. The molecule has 0 radical (unpaired) electrons. The van der Waals surface area contributed by atoms with Crippen molar-refractivity contribution in [2.24, 2.45) is 0 Å². The van der Waals surface area contributed by atoms with E-state index in [0.717, 1.165) is 40.1 Å². The van der Waals surface area contributed by atoms with E-state index in [1.807, 2.05) is 46.0 Å². The first-order valence-corrected chi connectivity index (χ1v) is 15.2. The first-order valence-electron chi connectivity index (χ1n) is 14.0. The van der Waals surface area contributed by atoms with Crippen molar-refractivity contribution in [3.05, 3.63) is 80.1 Å². The number of aromatic nitrogens is 3. The molecule has 0 spiro atoms. The van der Waals surface area contributed by atoms with Crippen LogP contribution in [0.4, 0.5) is 4.79 Å². The van der Waals surface area contributed by atoms with Crippen LogP contribution in [0.15, 0.2) is 41.1 Å². The molecule has 218 valence electrons. The van der Waals surface area contributed by atoms with Crippen LogP contribution in [0.2, 0.25) is 5.02 Å². The van der Waals surface area contributed by atoms with Crippen LogP contribution in [0.3, 0.4) is 0 Å². The number of nitrogens with zero attached hydrogens (tertiary/aromatic N) is 4. The molecule has 3 heterocycles. The zero-order chi connectivity index (χ0) is 29.3. The van der Waals surface area contributed by atoms with Gasteiger partial charge in [0, 0.05) is 65.7 Å². The summed E-state index contributed by atoms with van der Waals surface area (Å²) in [5.74, 6) is 0.661. The number of hydrogen-bond acceptors (Lipinski definition) is 5. The van der Waals surface area contributed by atoms with Crippen molar-refractivity contribution >= 4 is 39.5 Å². The number of H-pyrrole nitrogens is 1. The second-order valence-electron chi connectivity index (χ2n) is 11.9. The van der Waals surface area contributed by atoms with E-state index in [4.69, 9.17) is 16.6 Å². The summed E-state index contributed by atoms with van der Waals surface area (Å²) in [6.07, 6.45) is 5.94. The first-order chi connectivity index (χ1) is 19.5. The van der Waals surface area contributed by atoms with Crippen LogP contribution in [-0.2, 0) is 24.1 Å². The molecule has 1 aliphatic carbocycles. The summed E-state index contributed by atoms with van der Waals surface area (Å²) in [6, 6.07) is 7.11. The van der Waals surface area contributed by atoms with E-state index in [-0.39, 0.29) is 18.0 Å². The van der Waals surface area contributed by atoms with Crippen molar-refractivity contribution in [3.8, 4) is 0 Å². The average Bonchev–Trinajstić information content (AvgIpc) is 3.25. The molecule has 2 atom stereocenters. The Morgan fingerprint density at radius 1 is 1.12 bits per heavy atom. The maximum absolute atomic E-state index is 13.7. The third-order valence-electron chi connectivity index (χ3n) is 7.56. The second-order valence-corrected chi connectivity index (χ2v) is 13.2. The molecule has 3 N–H and O–H groups in total. The smallest absolute Gasteiger partial charge is 0.318 e. The van der Waals surface area contributed by atoms with E-state index < -0.39 is 11.6 Å². The topological polar surface area (TPSA) is 106 Å². The van der Waals surface area contributed by atoms with Gasteiger partial charge in [0.2, 0.25) is 5.91 Å². The number of benzene rings is 1. The van der Waals surface area contributed by atoms with Crippen molar-refractivity contribution in [2.75, 3.05) is 26.2 Å². The van der Waals surface area contributed by atoms with Gasteiger partial charge in [-0.05, 0) is 91.4 Å². The largest absolute Gasteiger partial charge is 0.354 e. The standard InChI is InChI=1S/C30H37BrClN7O2/c1-18-34-16-23(36-18)9-10-33-28(40)25-17-38(11-12-39(25)29(41)37-30(2,3)4)27-24-8-7-22(32)14-19(24)5-6-20-13-21(31)15-35-26(20)27/h7-8,13-16,25,27H,5-6,9-12,17H2,1-4H3,(H,33,40)(H,34,36)(H,37,41)/t25-,27?/m1/s1. The SMILES string of the molecule is Cc1ncc(CCNC(=O)[C@H]2CN(C3c4ccc(Cl)cc4CCc4cc(Br)cnc43)CCN2C(=O)NC(C)(C)C)[nH]1. The highest BCUT2D eigenvalue weighted by Crippen LogP contribution is 2.38. The van der Waals surface area contributed by atoms with E-state index in [9.17, 15) is 9.59 Å². The van der Waals surface area contributed by atoms with Crippen molar-refractivity contribution in [2.45, 2.75) is 64.6 Å². The van der Waals surface area contributed by atoms with Gasteiger partial charge in [0.15, 0.2) is 0 Å². The summed E-state index contributed by atoms with van der Waals surface area (Å²) >= 11 is 10.0. The molecule has 9 nitrogen and oxygen atoms in total. The quantitative estimate of drug-likeness (QED) is 0.378. The maximum Gasteiger partial charge on any atom is 0.318 e. The van der Waals surface area contributed by atoms with Crippen LogP contribution in [0.5, 0.6) is 0 Å². The van der Waals surface area contributed by atoms with Gasteiger partial charge < -0.3 is 20.5 Å². The maximum atomic E-state index is 13.7. The number of imidazole rings is 1. The van der Waals surface area contributed by atoms with Crippen LogP contribution in [0, 0.1) is 6.92 Å². The summed E-state index contributed by atoms with van der Waals surface area (Å²) in [4.78, 5) is 43.4. The van der Waals surface area contributed by atoms with Gasteiger partial charge in [0.1, 0.15) is 11.9 Å². The minimum atomic E-state index is -0.674. The summed E-state index contributed by atoms with van der Waals surface area (Å²) in [7, 11) is 0. The molecule has 5 rings (SSSR count). The summed E-state index contributed by atoms with van der Waals surface area (Å²) < 4.78 is 0.937. The van der Waals surface area contributed by atoms with Crippen molar-refractivity contribution in [1.82, 2.24) is 35.4 Å². The first kappa shape index (κ1) is 29.5. The minimum Gasteiger partial charge on any atom is -0.354 e. The lowest BCUT2D eigenvalue weighted by molar-refractivity contribution is -0.127. The van der Waals surface area contributed by atoms with Gasteiger partial charge in [-0.2, -0.15) is 0 Å². The molecule has 0 saturated carbocycles. The number of nitrogens with one attached hydrogen (secondary N) is 3. The lowest BCUT2D eigenvalue weighted by Gasteiger charge is -2.44. The number of urea groups is 1. The van der Waals surface area contributed by atoms with Crippen LogP contribution in [0.25, 0.3) is 0 Å². The molecule has 1 fully saturated rings. The van der Waals surface area contributed by atoms with Crippen LogP contribution < -0.4 is 10.6 Å². The van der Waals surface area contributed by atoms with Gasteiger partial charge in [-0.15, -0.1) is 0 Å². The van der Waals surface area contributed by atoms with E-state index in [2.05, 4.69) is 53.6 Å². The molecule has 1 saturated heterocycles. The molecule has 1 unspecified atom stereocenters. The molecule has 3 aromatic rings. The van der Waals surface area contributed by atoms with Gasteiger partial charge >= 0.3 is 6.03 Å². The van der Waals surface area contributed by atoms with Crippen molar-refractivity contribution in [1.29, 1.82) is 0 Å². The lowest BCUT2D eigenvalue weighted by atomic mass is 9.95. The minimum absolute atomic E-state index is 0.163. The highest BCUT2D eigenvalue weighted by atomic mass is 79.9. The number of carbonyl (C=O) groups is 2. The molecule has 11 heteroatoms. The molecule has 2 aliphatic rings. The normalized spacial score (nSPS) is 19.2. The Morgan fingerprint density at radius 3 is 2.63 bits per heavy atom. The number of piperazine rings is 1. The van der Waals surface area contributed by atoms with Gasteiger partial charge in [-0.25, -0.2) is 9.78 Å².